The number of aromatic nitrogens is 1. The van der Waals surface area contributed by atoms with Gasteiger partial charge >= 0.3 is 0 Å². The Hall–Kier alpha value is -2.83. The average Bonchev–Trinajstić information content (AvgIpc) is 3.12. The summed E-state index contributed by atoms with van der Waals surface area (Å²) in [6, 6.07) is 19.8. The van der Waals surface area contributed by atoms with Gasteiger partial charge in [0.15, 0.2) is 0 Å². The molecule has 0 aliphatic heterocycles. The van der Waals surface area contributed by atoms with Crippen LogP contribution in [-0.2, 0) is 22.9 Å². The van der Waals surface area contributed by atoms with Crippen molar-refractivity contribution in [1.82, 2.24) is 9.88 Å². The molecule has 6 heteroatoms. The van der Waals surface area contributed by atoms with Crippen LogP contribution in [0.4, 0.5) is 5.69 Å². The molecule has 0 saturated heterocycles. The van der Waals surface area contributed by atoms with Gasteiger partial charge in [-0.3, -0.25) is 4.72 Å². The minimum atomic E-state index is -3.46. The van der Waals surface area contributed by atoms with Crippen molar-refractivity contribution in [2.45, 2.75) is 12.8 Å². The molecule has 0 unspecified atom stereocenters. The normalized spacial score (nSPS) is 12.1. The summed E-state index contributed by atoms with van der Waals surface area (Å²) < 4.78 is 28.1. The first-order valence-corrected chi connectivity index (χ1v) is 11.8. The molecule has 156 valence electrons. The maximum Gasteiger partial charge on any atom is 0.233 e. The first kappa shape index (κ1) is 20.4. The summed E-state index contributed by atoms with van der Waals surface area (Å²) in [6.45, 7) is 0.968. The Balaban J connectivity index is 1.47. The summed E-state index contributed by atoms with van der Waals surface area (Å²) in [5.41, 5.74) is 3.81. The summed E-state index contributed by atoms with van der Waals surface area (Å²) in [5, 5.41) is 3.37. The fraction of sp³-hybridized carbons (Fsp3) is 0.250. The number of aryl methyl sites for hydroxylation is 1. The standard InChI is InChI=1S/C24H27N3O2S/c1-27(2)14-12-20-17-25-24-16-21(10-11-23(20)24)26-30(28,29)15-13-19-8-5-7-18-6-3-4-9-22(18)19/h3-11,16-17,25-26H,12-15H2,1-2H3. The number of rotatable bonds is 8. The quantitative estimate of drug-likeness (QED) is 0.443. The van der Waals surface area contributed by atoms with Gasteiger partial charge in [0.1, 0.15) is 0 Å². The Bertz CT molecular complexity index is 1270. The Morgan fingerprint density at radius 3 is 2.53 bits per heavy atom. The van der Waals surface area contributed by atoms with Gasteiger partial charge in [0, 0.05) is 23.6 Å². The second-order valence-electron chi connectivity index (χ2n) is 7.94. The first-order chi connectivity index (χ1) is 14.4. The summed E-state index contributed by atoms with van der Waals surface area (Å²) >= 11 is 0. The summed E-state index contributed by atoms with van der Waals surface area (Å²) in [5.74, 6) is 0.0395. The second kappa shape index (κ2) is 8.50. The van der Waals surface area contributed by atoms with E-state index in [2.05, 4.69) is 28.7 Å². The van der Waals surface area contributed by atoms with Crippen LogP contribution in [-0.4, -0.2) is 44.7 Å². The molecule has 0 aliphatic rings. The van der Waals surface area contributed by atoms with Crippen molar-refractivity contribution in [2.24, 2.45) is 0 Å². The van der Waals surface area contributed by atoms with E-state index in [4.69, 9.17) is 0 Å². The van der Waals surface area contributed by atoms with E-state index < -0.39 is 10.0 Å². The molecule has 0 radical (unpaired) electrons. The van der Waals surface area contributed by atoms with Crippen LogP contribution in [0.5, 0.6) is 0 Å². The van der Waals surface area contributed by atoms with Gasteiger partial charge in [-0.25, -0.2) is 8.42 Å². The highest BCUT2D eigenvalue weighted by molar-refractivity contribution is 7.92. The van der Waals surface area contributed by atoms with Gasteiger partial charge in [-0.05, 0) is 61.0 Å². The first-order valence-electron chi connectivity index (χ1n) is 10.1. The molecule has 1 aromatic heterocycles. The number of likely N-dealkylation sites (N-methyl/N-ethyl adjacent to an activating group) is 1. The predicted molar refractivity (Wildman–Crippen MR) is 126 cm³/mol. The van der Waals surface area contributed by atoms with Crippen molar-refractivity contribution in [3.63, 3.8) is 0 Å². The molecule has 3 aromatic carbocycles. The lowest BCUT2D eigenvalue weighted by Gasteiger charge is -2.10. The molecule has 30 heavy (non-hydrogen) atoms. The molecule has 4 rings (SSSR count). The Kier molecular flexibility index (Phi) is 5.79. The maximum absolute atomic E-state index is 12.7. The largest absolute Gasteiger partial charge is 0.361 e. The fourth-order valence-corrected chi connectivity index (χ4v) is 4.86. The lowest BCUT2D eigenvalue weighted by atomic mass is 10.0. The monoisotopic (exact) mass is 421 g/mol. The lowest BCUT2D eigenvalue weighted by molar-refractivity contribution is 0.414. The average molecular weight is 422 g/mol. The number of H-pyrrole nitrogens is 1. The van der Waals surface area contributed by atoms with Crippen molar-refractivity contribution >= 4 is 37.4 Å². The number of nitrogens with one attached hydrogen (secondary N) is 2. The third-order valence-electron chi connectivity index (χ3n) is 5.39. The molecule has 5 nitrogen and oxygen atoms in total. The Morgan fingerprint density at radius 2 is 1.70 bits per heavy atom. The number of hydrogen-bond acceptors (Lipinski definition) is 3. The zero-order valence-electron chi connectivity index (χ0n) is 17.4. The molecule has 0 aliphatic carbocycles. The van der Waals surface area contributed by atoms with E-state index in [0.29, 0.717) is 12.1 Å². The molecule has 0 saturated carbocycles. The maximum atomic E-state index is 12.7. The van der Waals surface area contributed by atoms with Gasteiger partial charge in [0.2, 0.25) is 10.0 Å². The molecular weight excluding hydrogens is 394 g/mol. The summed E-state index contributed by atoms with van der Waals surface area (Å²) in [6.07, 6.45) is 3.42. The van der Waals surface area contributed by atoms with E-state index in [9.17, 15) is 8.42 Å². The number of benzene rings is 3. The molecule has 0 spiro atoms. The number of hydrogen-bond donors (Lipinski definition) is 2. The van der Waals surface area contributed by atoms with Crippen molar-refractivity contribution in [1.29, 1.82) is 0 Å². The van der Waals surface area contributed by atoms with Crippen LogP contribution < -0.4 is 4.72 Å². The molecule has 0 atom stereocenters. The number of nitrogens with zero attached hydrogens (tertiary/aromatic N) is 1. The van der Waals surface area contributed by atoms with Crippen LogP contribution in [0.3, 0.4) is 0 Å². The smallest absolute Gasteiger partial charge is 0.233 e. The second-order valence-corrected chi connectivity index (χ2v) is 9.78. The topological polar surface area (TPSA) is 65.2 Å². The van der Waals surface area contributed by atoms with Crippen LogP contribution in [0.25, 0.3) is 21.7 Å². The summed E-state index contributed by atoms with van der Waals surface area (Å²) in [4.78, 5) is 5.41. The number of sulfonamides is 1. The minimum absolute atomic E-state index is 0.0395. The van der Waals surface area contributed by atoms with Crippen molar-refractivity contribution < 1.29 is 8.42 Å². The van der Waals surface area contributed by atoms with E-state index in [1.807, 2.05) is 66.9 Å². The Morgan fingerprint density at radius 1 is 0.900 bits per heavy atom. The third kappa shape index (κ3) is 4.66. The van der Waals surface area contributed by atoms with Crippen molar-refractivity contribution in [2.75, 3.05) is 31.1 Å². The highest BCUT2D eigenvalue weighted by Gasteiger charge is 2.13. The van der Waals surface area contributed by atoms with Crippen molar-refractivity contribution in [3.8, 4) is 0 Å². The van der Waals surface area contributed by atoms with E-state index >= 15 is 0 Å². The lowest BCUT2D eigenvalue weighted by Crippen LogP contribution is -2.18. The molecule has 1 heterocycles. The van der Waals surface area contributed by atoms with Gasteiger partial charge in [-0.2, -0.15) is 0 Å². The molecule has 0 amide bonds. The van der Waals surface area contributed by atoms with E-state index in [-0.39, 0.29) is 5.75 Å². The van der Waals surface area contributed by atoms with Gasteiger partial charge in [0.25, 0.3) is 0 Å². The SMILES string of the molecule is CN(C)CCc1c[nH]c2cc(NS(=O)(=O)CCc3cccc4ccccc34)ccc12. The summed E-state index contributed by atoms with van der Waals surface area (Å²) in [7, 11) is 0.656. The van der Waals surface area contributed by atoms with Crippen molar-refractivity contribution in [3.05, 3.63) is 78.0 Å². The van der Waals surface area contributed by atoms with E-state index in [1.165, 1.54) is 5.56 Å². The van der Waals surface area contributed by atoms with Crippen LogP contribution in [0.2, 0.25) is 0 Å². The third-order valence-corrected chi connectivity index (χ3v) is 6.68. The fourth-order valence-electron chi connectivity index (χ4n) is 3.79. The van der Waals surface area contributed by atoms with Crippen LogP contribution >= 0.6 is 0 Å². The molecule has 4 aromatic rings. The highest BCUT2D eigenvalue weighted by Crippen LogP contribution is 2.24. The number of anilines is 1. The molecule has 0 fully saturated rings. The van der Waals surface area contributed by atoms with E-state index in [0.717, 1.165) is 40.2 Å². The zero-order valence-corrected chi connectivity index (χ0v) is 18.2. The molecule has 2 N–H and O–H groups in total. The zero-order chi connectivity index (χ0) is 21.1. The number of fused-ring (bicyclic) bond motifs is 2. The van der Waals surface area contributed by atoms with Crippen LogP contribution in [0, 0.1) is 0 Å². The van der Waals surface area contributed by atoms with Gasteiger partial charge < -0.3 is 9.88 Å². The predicted octanol–water partition coefficient (Wildman–Crippen LogP) is 4.41. The molecule has 0 bridgehead atoms. The molecular formula is C24H27N3O2S. The Labute approximate surface area is 177 Å². The van der Waals surface area contributed by atoms with Gasteiger partial charge in [0.05, 0.1) is 11.4 Å². The van der Waals surface area contributed by atoms with E-state index in [1.54, 1.807) is 0 Å². The van der Waals surface area contributed by atoms with Crippen LogP contribution in [0.1, 0.15) is 11.1 Å². The van der Waals surface area contributed by atoms with Crippen LogP contribution in [0.15, 0.2) is 66.9 Å². The van der Waals surface area contributed by atoms with Gasteiger partial charge in [-0.15, -0.1) is 0 Å². The minimum Gasteiger partial charge on any atom is -0.361 e. The number of aromatic amines is 1. The highest BCUT2D eigenvalue weighted by atomic mass is 32.2. The van der Waals surface area contributed by atoms with Gasteiger partial charge in [-0.1, -0.05) is 48.5 Å².